The van der Waals surface area contributed by atoms with E-state index in [1.54, 1.807) is 24.3 Å². The van der Waals surface area contributed by atoms with E-state index in [1.165, 1.54) is 0 Å². The van der Waals surface area contributed by atoms with Gasteiger partial charge in [-0.05, 0) is 24.3 Å². The first-order chi connectivity index (χ1) is 6.22. The van der Waals surface area contributed by atoms with Crippen molar-refractivity contribution in [1.82, 2.24) is 0 Å². The summed E-state index contributed by atoms with van der Waals surface area (Å²) in [5, 5.41) is 16.8. The van der Waals surface area contributed by atoms with Crippen LogP contribution in [0.5, 0.6) is 5.75 Å². The molecule has 0 spiro atoms. The van der Waals surface area contributed by atoms with Gasteiger partial charge in [-0.3, -0.25) is 0 Å². The molecule has 0 saturated carbocycles. The van der Waals surface area contributed by atoms with E-state index in [0.29, 0.717) is 11.3 Å². The van der Waals surface area contributed by atoms with Crippen molar-refractivity contribution >= 4 is 5.97 Å². The Morgan fingerprint density at radius 3 is 2.50 bits per heavy atom. The standard InChI is InChI=1S/C9H7NO3.Li.H/c10-5-7-1-3-8(4-2-7)13-6-9(11)12;;/h1-4H,6H2,(H,11,12);;/q;+1;-1. The minimum atomic E-state index is -1.02. The summed E-state index contributed by atoms with van der Waals surface area (Å²) in [6, 6.07) is 8.19. The molecule has 0 heterocycles. The summed E-state index contributed by atoms with van der Waals surface area (Å²) in [5.41, 5.74) is 0.516. The summed E-state index contributed by atoms with van der Waals surface area (Å²) in [6.07, 6.45) is 0. The molecule has 5 heteroatoms. The van der Waals surface area contributed by atoms with Crippen LogP contribution in [0.1, 0.15) is 6.99 Å². The molecule has 1 aromatic rings. The average molecular weight is 185 g/mol. The Morgan fingerprint density at radius 2 is 2.07 bits per heavy atom. The fourth-order valence-electron chi connectivity index (χ4n) is 0.771. The van der Waals surface area contributed by atoms with E-state index in [9.17, 15) is 4.79 Å². The van der Waals surface area contributed by atoms with E-state index in [2.05, 4.69) is 0 Å². The van der Waals surface area contributed by atoms with Crippen molar-refractivity contribution in [2.24, 2.45) is 0 Å². The van der Waals surface area contributed by atoms with Crippen LogP contribution in [-0.4, -0.2) is 17.7 Å². The summed E-state index contributed by atoms with van der Waals surface area (Å²) < 4.78 is 4.86. The molecule has 0 fully saturated rings. The van der Waals surface area contributed by atoms with Gasteiger partial charge in [0, 0.05) is 0 Å². The van der Waals surface area contributed by atoms with Gasteiger partial charge in [0.15, 0.2) is 6.61 Å². The van der Waals surface area contributed by atoms with Crippen molar-refractivity contribution in [3.63, 3.8) is 0 Å². The molecule has 14 heavy (non-hydrogen) atoms. The number of benzene rings is 1. The number of carboxylic acids is 1. The Morgan fingerprint density at radius 1 is 1.50 bits per heavy atom. The zero-order chi connectivity index (χ0) is 9.68. The second-order valence-corrected chi connectivity index (χ2v) is 2.32. The molecule has 0 aromatic heterocycles. The monoisotopic (exact) mass is 185 g/mol. The normalized spacial score (nSPS) is 8.21. The van der Waals surface area contributed by atoms with Crippen LogP contribution in [-0.2, 0) is 4.79 Å². The van der Waals surface area contributed by atoms with E-state index >= 15 is 0 Å². The molecule has 0 saturated heterocycles. The Labute approximate surface area is 94.8 Å². The van der Waals surface area contributed by atoms with Crippen molar-refractivity contribution in [3.05, 3.63) is 29.8 Å². The predicted octanol–water partition coefficient (Wildman–Crippen LogP) is -1.86. The van der Waals surface area contributed by atoms with Gasteiger partial charge in [-0.15, -0.1) is 0 Å². The molecule has 0 atom stereocenters. The van der Waals surface area contributed by atoms with Crippen molar-refractivity contribution in [2.45, 2.75) is 0 Å². The Bertz CT molecular complexity index is 347. The third kappa shape index (κ3) is 4.00. The van der Waals surface area contributed by atoms with Crippen molar-refractivity contribution in [1.29, 1.82) is 5.26 Å². The predicted molar refractivity (Wildman–Crippen MR) is 45.4 cm³/mol. The number of aliphatic carboxylic acids is 1. The molecule has 1 N–H and O–H groups in total. The third-order valence-corrected chi connectivity index (χ3v) is 1.35. The summed E-state index contributed by atoms with van der Waals surface area (Å²) in [4.78, 5) is 10.1. The SMILES string of the molecule is N#Cc1ccc(OCC(=O)O)cc1.[H-].[Li+]. The second kappa shape index (κ2) is 6.10. The zero-order valence-corrected chi connectivity index (χ0v) is 7.73. The van der Waals surface area contributed by atoms with E-state index in [0.717, 1.165) is 0 Å². The molecule has 0 radical (unpaired) electrons. The van der Waals surface area contributed by atoms with Crippen LogP contribution in [0.4, 0.5) is 0 Å². The van der Waals surface area contributed by atoms with Gasteiger partial charge in [0.1, 0.15) is 5.75 Å². The van der Waals surface area contributed by atoms with Gasteiger partial charge in [-0.2, -0.15) is 5.26 Å². The first-order valence-corrected chi connectivity index (χ1v) is 3.57. The van der Waals surface area contributed by atoms with Gasteiger partial charge in [-0.25, -0.2) is 4.79 Å². The number of hydrogen-bond acceptors (Lipinski definition) is 3. The molecule has 0 aliphatic rings. The van der Waals surface area contributed by atoms with Gasteiger partial charge in [0.05, 0.1) is 11.6 Å². The minimum absolute atomic E-state index is 0. The Hall–Kier alpha value is -1.42. The quantitative estimate of drug-likeness (QED) is 0.560. The molecule has 68 valence electrons. The van der Waals surface area contributed by atoms with Crippen molar-refractivity contribution < 1.29 is 34.9 Å². The largest absolute Gasteiger partial charge is 1.00 e. The molecule has 0 bridgehead atoms. The molecule has 0 unspecified atom stereocenters. The third-order valence-electron chi connectivity index (χ3n) is 1.35. The number of carboxylic acid groups (broad SMARTS) is 1. The number of ether oxygens (including phenoxy) is 1. The summed E-state index contributed by atoms with van der Waals surface area (Å²) in [6.45, 7) is -0.369. The van der Waals surface area contributed by atoms with Crippen LogP contribution in [0.15, 0.2) is 24.3 Å². The summed E-state index contributed by atoms with van der Waals surface area (Å²) in [7, 11) is 0. The topological polar surface area (TPSA) is 70.3 Å². The average Bonchev–Trinajstić information content (AvgIpc) is 2.15. The van der Waals surface area contributed by atoms with Crippen LogP contribution in [0.3, 0.4) is 0 Å². The Kier molecular flexibility index (Phi) is 5.48. The number of rotatable bonds is 3. The first-order valence-electron chi connectivity index (χ1n) is 3.57. The van der Waals surface area contributed by atoms with Crippen LogP contribution < -0.4 is 23.6 Å². The fourth-order valence-corrected chi connectivity index (χ4v) is 0.771. The van der Waals surface area contributed by atoms with Gasteiger partial charge in [0.25, 0.3) is 0 Å². The van der Waals surface area contributed by atoms with E-state index in [1.807, 2.05) is 6.07 Å². The summed E-state index contributed by atoms with van der Waals surface area (Å²) >= 11 is 0. The van der Waals surface area contributed by atoms with Gasteiger partial charge in [-0.1, -0.05) is 0 Å². The number of nitrogens with zero attached hydrogens (tertiary/aromatic N) is 1. The maximum atomic E-state index is 10.1. The Balaban J connectivity index is 0. The van der Waals surface area contributed by atoms with Gasteiger partial charge in [0.2, 0.25) is 0 Å². The number of nitriles is 1. The molecule has 4 nitrogen and oxygen atoms in total. The molecule has 0 amide bonds. The number of hydrogen-bond donors (Lipinski definition) is 1. The van der Waals surface area contributed by atoms with Crippen LogP contribution >= 0.6 is 0 Å². The van der Waals surface area contributed by atoms with Gasteiger partial charge >= 0.3 is 24.8 Å². The molecule has 0 aliphatic carbocycles. The van der Waals surface area contributed by atoms with Crippen LogP contribution in [0.25, 0.3) is 0 Å². The van der Waals surface area contributed by atoms with Crippen LogP contribution in [0, 0.1) is 11.3 Å². The number of carbonyl (C=O) groups is 1. The minimum Gasteiger partial charge on any atom is -1.00 e. The summed E-state index contributed by atoms with van der Waals surface area (Å²) in [5.74, 6) is -0.578. The fraction of sp³-hybridized carbons (Fsp3) is 0.111. The maximum absolute atomic E-state index is 10.1. The molecular weight excluding hydrogens is 177 g/mol. The first kappa shape index (κ1) is 12.6. The van der Waals surface area contributed by atoms with Gasteiger partial charge < -0.3 is 11.3 Å². The van der Waals surface area contributed by atoms with Crippen molar-refractivity contribution in [3.8, 4) is 11.8 Å². The van der Waals surface area contributed by atoms with Crippen molar-refractivity contribution in [2.75, 3.05) is 6.61 Å². The van der Waals surface area contributed by atoms with E-state index in [4.69, 9.17) is 15.1 Å². The molecule has 1 aromatic carbocycles. The maximum Gasteiger partial charge on any atom is 1.00 e. The smallest absolute Gasteiger partial charge is 1.00 e. The van der Waals surface area contributed by atoms with E-state index < -0.39 is 5.97 Å². The molecule has 0 aliphatic heterocycles. The van der Waals surface area contributed by atoms with E-state index in [-0.39, 0.29) is 26.9 Å². The van der Waals surface area contributed by atoms with Crippen LogP contribution in [0.2, 0.25) is 0 Å². The zero-order valence-electron chi connectivity index (χ0n) is 8.73. The second-order valence-electron chi connectivity index (χ2n) is 2.32. The molecule has 1 rings (SSSR count). The molecular formula is C9H8LiNO3.